The zero-order valence-corrected chi connectivity index (χ0v) is 15.3. The summed E-state index contributed by atoms with van der Waals surface area (Å²) in [6.07, 6.45) is 3.62. The van der Waals surface area contributed by atoms with E-state index < -0.39 is 6.04 Å². The molecule has 2 bridgehead atoms. The molecule has 0 aromatic rings. The van der Waals surface area contributed by atoms with E-state index in [4.69, 9.17) is 9.46 Å². The lowest BCUT2D eigenvalue weighted by atomic mass is 10.0. The number of nitrogens with one attached hydrogen (secondary N) is 1. The van der Waals surface area contributed by atoms with Crippen LogP contribution in [0.3, 0.4) is 0 Å². The normalized spacial score (nSPS) is 31.6. The fourth-order valence-electron chi connectivity index (χ4n) is 3.57. The molecule has 0 radical (unpaired) electrons. The molecule has 3 heterocycles. The van der Waals surface area contributed by atoms with Crippen molar-refractivity contribution in [3.8, 4) is 0 Å². The summed E-state index contributed by atoms with van der Waals surface area (Å²) in [5.41, 5.74) is 2.53. The second-order valence-corrected chi connectivity index (χ2v) is 7.33. The third-order valence-electron chi connectivity index (χ3n) is 4.78. The number of hydroxylamine groups is 3. The van der Waals surface area contributed by atoms with Crippen LogP contribution in [0.1, 0.15) is 25.7 Å². The number of nitrogens with zero attached hydrogens (tertiary/aromatic N) is 3. The van der Waals surface area contributed by atoms with Gasteiger partial charge in [0.1, 0.15) is 6.04 Å². The molecule has 23 heavy (non-hydrogen) atoms. The number of urea groups is 1. The molecule has 5 atom stereocenters. The highest BCUT2D eigenvalue weighted by molar-refractivity contribution is 7.13. The molecule has 0 aromatic carbocycles. The van der Waals surface area contributed by atoms with Gasteiger partial charge < -0.3 is 4.90 Å². The van der Waals surface area contributed by atoms with Gasteiger partial charge in [-0.15, -0.1) is 0 Å². The minimum Gasteiger partial charge on any atom is -0.309 e. The van der Waals surface area contributed by atoms with Crippen LogP contribution in [0.2, 0.25) is 0 Å². The van der Waals surface area contributed by atoms with Gasteiger partial charge >= 0.3 is 6.03 Å². The van der Waals surface area contributed by atoms with Crippen molar-refractivity contribution < 1.29 is 19.1 Å². The number of carbonyl (C=O) groups excluding carboxylic acids is 2. The van der Waals surface area contributed by atoms with E-state index in [1.54, 1.807) is 4.90 Å². The van der Waals surface area contributed by atoms with Crippen LogP contribution in [0.25, 0.3) is 0 Å². The van der Waals surface area contributed by atoms with Crippen LogP contribution >= 0.6 is 18.9 Å². The summed E-state index contributed by atoms with van der Waals surface area (Å²) in [4.78, 5) is 31.5. The molecule has 3 aliphatic heterocycles. The largest absolute Gasteiger partial charge is 0.345 e. The first-order valence-corrected chi connectivity index (χ1v) is 8.97. The Hall–Kier alpha value is -0.520. The Bertz CT molecular complexity index is 469. The highest BCUT2D eigenvalue weighted by Gasteiger charge is 2.47. The fourth-order valence-corrected chi connectivity index (χ4v) is 4.32. The van der Waals surface area contributed by atoms with E-state index in [0.29, 0.717) is 25.5 Å². The van der Waals surface area contributed by atoms with Crippen molar-refractivity contribution in [3.05, 3.63) is 0 Å². The first-order chi connectivity index (χ1) is 11.1. The highest BCUT2D eigenvalue weighted by Crippen LogP contribution is 2.30. The van der Waals surface area contributed by atoms with Gasteiger partial charge in [0.25, 0.3) is 5.91 Å². The van der Waals surface area contributed by atoms with Crippen molar-refractivity contribution in [3.63, 3.8) is 0 Å². The van der Waals surface area contributed by atoms with Crippen LogP contribution in [0.15, 0.2) is 0 Å². The predicted molar refractivity (Wildman–Crippen MR) is 89.6 cm³/mol. The monoisotopic (exact) mass is 362 g/mol. The molecular weight excluding hydrogens is 338 g/mol. The molecule has 0 saturated carbocycles. The Balaban J connectivity index is 1.46. The summed E-state index contributed by atoms with van der Waals surface area (Å²) in [6, 6.07) is -0.706. The lowest BCUT2D eigenvalue weighted by Gasteiger charge is -2.30. The molecule has 0 spiro atoms. The Morgan fingerprint density at radius 1 is 1.30 bits per heavy atom. The van der Waals surface area contributed by atoms with Gasteiger partial charge in [0.15, 0.2) is 0 Å². The third-order valence-corrected chi connectivity index (χ3v) is 5.48. The molecule has 3 amide bonds. The van der Waals surface area contributed by atoms with Crippen molar-refractivity contribution in [1.29, 1.82) is 0 Å². The van der Waals surface area contributed by atoms with Gasteiger partial charge in [-0.25, -0.2) is 10.3 Å². The van der Waals surface area contributed by atoms with Gasteiger partial charge in [-0.05, 0) is 31.6 Å². The van der Waals surface area contributed by atoms with Gasteiger partial charge in [-0.1, -0.05) is 9.39 Å². The minimum atomic E-state index is -0.478. The molecule has 3 aliphatic rings. The summed E-state index contributed by atoms with van der Waals surface area (Å²) >= 11 is 0. The second-order valence-electron chi connectivity index (χ2n) is 6.39. The average Bonchev–Trinajstić information content (AvgIpc) is 2.78. The maximum atomic E-state index is 12.3. The van der Waals surface area contributed by atoms with Crippen LogP contribution < -0.4 is 5.48 Å². The average molecular weight is 362 g/mol. The van der Waals surface area contributed by atoms with Gasteiger partial charge in [0.2, 0.25) is 0 Å². The van der Waals surface area contributed by atoms with Crippen molar-refractivity contribution in [2.45, 2.75) is 37.8 Å². The number of amides is 3. The van der Waals surface area contributed by atoms with Crippen LogP contribution in [0.4, 0.5) is 4.79 Å². The summed E-state index contributed by atoms with van der Waals surface area (Å²) in [7, 11) is 4.80. The maximum Gasteiger partial charge on any atom is 0.345 e. The van der Waals surface area contributed by atoms with Crippen molar-refractivity contribution in [1.82, 2.24) is 20.1 Å². The Labute approximate surface area is 140 Å². The molecule has 8 nitrogen and oxygen atoms in total. The van der Waals surface area contributed by atoms with Gasteiger partial charge in [-0.3, -0.25) is 18.9 Å². The third kappa shape index (κ3) is 3.77. The number of rotatable bonds is 5. The maximum absolute atomic E-state index is 12.3. The Kier molecular flexibility index (Phi) is 5.70. The van der Waals surface area contributed by atoms with Crippen molar-refractivity contribution in [2.75, 3.05) is 26.2 Å². The van der Waals surface area contributed by atoms with Crippen LogP contribution in [-0.4, -0.2) is 64.9 Å². The minimum absolute atomic E-state index is 0.0280. The smallest absolute Gasteiger partial charge is 0.309 e. The highest BCUT2D eigenvalue weighted by atomic mass is 31.0. The summed E-state index contributed by atoms with van der Waals surface area (Å²) in [5.74, 6) is 0.174. The van der Waals surface area contributed by atoms with Crippen LogP contribution in [0.5, 0.6) is 0 Å². The molecule has 130 valence electrons. The summed E-state index contributed by atoms with van der Waals surface area (Å²) in [5, 5.41) is 1.33. The SMILES string of the molecule is O=C(NOC[C@@H]1CCCN(P)C1)[C@@H]1CC[C@H]2CN1C(=O)N2OP. The standard InChI is InChI=1S/C13H24N4O4P2/c18-12(14-20-8-9-2-1-5-15(22)6-9)11-4-3-10-7-16(11)13(19)17(10)21-23/h9-11H,1-8,22-23H2,(H,14,18)/t9-,10+,11+/m1/s1. The molecule has 3 rings (SSSR count). The number of hydrogen-bond donors (Lipinski definition) is 1. The molecular formula is C13H24N4O4P2. The number of fused-ring (bicyclic) bond motifs is 2. The molecule has 1 N–H and O–H groups in total. The first kappa shape index (κ1) is 17.3. The lowest BCUT2D eigenvalue weighted by molar-refractivity contribution is -0.140. The molecule has 0 aromatic heterocycles. The topological polar surface area (TPSA) is 74.4 Å². The lowest BCUT2D eigenvalue weighted by Crippen LogP contribution is -2.50. The predicted octanol–water partition coefficient (Wildman–Crippen LogP) is 0.527. The Morgan fingerprint density at radius 3 is 2.87 bits per heavy atom. The zero-order valence-electron chi connectivity index (χ0n) is 13.0. The first-order valence-electron chi connectivity index (χ1n) is 7.98. The van der Waals surface area contributed by atoms with E-state index in [-0.39, 0.29) is 18.0 Å². The number of piperidine rings is 2. The van der Waals surface area contributed by atoms with Gasteiger partial charge in [0.05, 0.1) is 12.6 Å². The molecule has 2 unspecified atom stereocenters. The molecule has 3 saturated heterocycles. The van der Waals surface area contributed by atoms with Crippen molar-refractivity contribution >= 4 is 30.8 Å². The second kappa shape index (κ2) is 7.58. The molecule has 3 fully saturated rings. The van der Waals surface area contributed by atoms with Gasteiger partial charge in [-0.2, -0.15) is 5.06 Å². The van der Waals surface area contributed by atoms with Crippen LogP contribution in [-0.2, 0) is 14.3 Å². The molecule has 0 aliphatic carbocycles. The van der Waals surface area contributed by atoms with E-state index in [2.05, 4.69) is 29.0 Å². The van der Waals surface area contributed by atoms with Gasteiger partial charge in [0, 0.05) is 29.1 Å². The van der Waals surface area contributed by atoms with E-state index in [1.807, 2.05) is 0 Å². The van der Waals surface area contributed by atoms with Crippen molar-refractivity contribution in [2.24, 2.45) is 5.92 Å². The van der Waals surface area contributed by atoms with E-state index >= 15 is 0 Å². The summed E-state index contributed by atoms with van der Waals surface area (Å²) in [6.45, 7) is 3.07. The Morgan fingerprint density at radius 2 is 2.13 bits per heavy atom. The van der Waals surface area contributed by atoms with Crippen LogP contribution in [0, 0.1) is 5.92 Å². The van der Waals surface area contributed by atoms with E-state index in [1.165, 1.54) is 5.06 Å². The van der Waals surface area contributed by atoms with E-state index in [9.17, 15) is 9.59 Å². The quantitative estimate of drug-likeness (QED) is 0.570. The zero-order chi connectivity index (χ0) is 16.4. The number of carbonyl (C=O) groups is 2. The molecule has 10 heteroatoms. The van der Waals surface area contributed by atoms with E-state index in [0.717, 1.165) is 32.4 Å². The number of hydrogen-bond acceptors (Lipinski definition) is 5. The summed E-state index contributed by atoms with van der Waals surface area (Å²) < 4.78 is 7.22. The fraction of sp³-hybridized carbons (Fsp3) is 0.846.